The van der Waals surface area contributed by atoms with Crippen LogP contribution in [0.15, 0.2) is 23.1 Å². The third-order valence-corrected chi connectivity index (χ3v) is 4.56. The Morgan fingerprint density at radius 1 is 1.38 bits per heavy atom. The Morgan fingerprint density at radius 2 is 1.95 bits per heavy atom. The van der Waals surface area contributed by atoms with Gasteiger partial charge in [-0.2, -0.15) is 13.2 Å². The molecular weight excluding hydrogens is 311 g/mol. The highest BCUT2D eigenvalue weighted by Gasteiger charge is 2.38. The molecule has 1 aromatic carbocycles. The van der Waals surface area contributed by atoms with E-state index in [9.17, 15) is 21.6 Å². The zero-order valence-corrected chi connectivity index (χ0v) is 12.2. The standard InChI is InChI=1S/C11H16F3N3O3S/c1-17(2)21(19,20)8-5-3-4-7(10(8)15)16-6-9(18)11(12,13)14/h3-5,9,16,18H,6,15H2,1-2H3. The molecule has 1 atom stereocenters. The summed E-state index contributed by atoms with van der Waals surface area (Å²) >= 11 is 0. The Bertz CT molecular complexity index is 602. The van der Waals surface area contributed by atoms with Crippen LogP contribution in [-0.4, -0.2) is 50.7 Å². The van der Waals surface area contributed by atoms with Gasteiger partial charge in [-0.1, -0.05) is 6.07 Å². The summed E-state index contributed by atoms with van der Waals surface area (Å²) in [6.07, 6.45) is -7.35. The molecule has 0 saturated carbocycles. The van der Waals surface area contributed by atoms with Crippen LogP contribution in [0.2, 0.25) is 0 Å². The number of hydrogen-bond donors (Lipinski definition) is 3. The number of hydrogen-bond acceptors (Lipinski definition) is 5. The Hall–Kier alpha value is -1.52. The van der Waals surface area contributed by atoms with Crippen molar-refractivity contribution in [3.63, 3.8) is 0 Å². The first-order valence-electron chi connectivity index (χ1n) is 5.77. The van der Waals surface area contributed by atoms with Crippen LogP contribution in [0.5, 0.6) is 0 Å². The summed E-state index contributed by atoms with van der Waals surface area (Å²) in [4.78, 5) is -0.223. The van der Waals surface area contributed by atoms with E-state index in [4.69, 9.17) is 10.8 Å². The number of rotatable bonds is 5. The van der Waals surface area contributed by atoms with Gasteiger partial charge in [0.05, 0.1) is 11.4 Å². The molecule has 0 fully saturated rings. The number of nitrogens with zero attached hydrogens (tertiary/aromatic N) is 1. The third kappa shape index (κ3) is 3.99. The van der Waals surface area contributed by atoms with Crippen molar-refractivity contribution in [3.05, 3.63) is 18.2 Å². The lowest BCUT2D eigenvalue weighted by Crippen LogP contribution is -2.35. The van der Waals surface area contributed by atoms with Crippen molar-refractivity contribution in [2.24, 2.45) is 0 Å². The molecule has 0 saturated heterocycles. The lowest BCUT2D eigenvalue weighted by molar-refractivity contribution is -0.198. The molecule has 0 amide bonds. The fraction of sp³-hybridized carbons (Fsp3) is 0.455. The maximum atomic E-state index is 12.2. The molecule has 1 unspecified atom stereocenters. The molecule has 120 valence electrons. The quantitative estimate of drug-likeness (QED) is 0.697. The third-order valence-electron chi connectivity index (χ3n) is 2.69. The fourth-order valence-corrected chi connectivity index (χ4v) is 2.47. The van der Waals surface area contributed by atoms with Crippen molar-refractivity contribution in [1.82, 2.24) is 4.31 Å². The van der Waals surface area contributed by atoms with E-state index in [1.54, 1.807) is 0 Å². The smallest absolute Gasteiger partial charge is 0.396 e. The van der Waals surface area contributed by atoms with E-state index in [1.165, 1.54) is 32.3 Å². The van der Waals surface area contributed by atoms with Crippen molar-refractivity contribution in [2.75, 3.05) is 31.7 Å². The van der Waals surface area contributed by atoms with Crippen molar-refractivity contribution in [3.8, 4) is 0 Å². The van der Waals surface area contributed by atoms with E-state index in [-0.39, 0.29) is 16.3 Å². The number of alkyl halides is 3. The van der Waals surface area contributed by atoms with Gasteiger partial charge < -0.3 is 16.2 Å². The summed E-state index contributed by atoms with van der Waals surface area (Å²) in [6.45, 7) is -0.834. The first kappa shape index (κ1) is 17.5. The van der Waals surface area contributed by atoms with Crippen LogP contribution in [0.1, 0.15) is 0 Å². The minimum absolute atomic E-state index is 0.00113. The number of aliphatic hydroxyl groups excluding tert-OH is 1. The maximum Gasteiger partial charge on any atom is 0.416 e. The average molecular weight is 327 g/mol. The number of para-hydroxylation sites is 1. The van der Waals surface area contributed by atoms with Crippen LogP contribution in [0.4, 0.5) is 24.5 Å². The van der Waals surface area contributed by atoms with Gasteiger partial charge >= 0.3 is 6.18 Å². The first-order chi connectivity index (χ1) is 9.48. The van der Waals surface area contributed by atoms with E-state index >= 15 is 0 Å². The number of nitrogen functional groups attached to an aromatic ring is 1. The average Bonchev–Trinajstić information content (AvgIpc) is 2.35. The molecule has 4 N–H and O–H groups in total. The van der Waals surface area contributed by atoms with Gasteiger partial charge in [0.15, 0.2) is 6.10 Å². The number of benzene rings is 1. The van der Waals surface area contributed by atoms with Crippen LogP contribution in [0.25, 0.3) is 0 Å². The van der Waals surface area contributed by atoms with Crippen molar-refractivity contribution < 1.29 is 26.7 Å². The van der Waals surface area contributed by atoms with Crippen LogP contribution >= 0.6 is 0 Å². The summed E-state index contributed by atoms with van der Waals surface area (Å²) in [5.74, 6) is 0. The summed E-state index contributed by atoms with van der Waals surface area (Å²) in [5, 5.41) is 11.2. The lowest BCUT2D eigenvalue weighted by atomic mass is 10.2. The SMILES string of the molecule is CN(C)S(=O)(=O)c1cccc(NCC(O)C(F)(F)F)c1N. The maximum absolute atomic E-state index is 12.2. The summed E-state index contributed by atoms with van der Waals surface area (Å²) in [6, 6.07) is 3.91. The highest BCUT2D eigenvalue weighted by molar-refractivity contribution is 7.89. The molecule has 10 heteroatoms. The second-order valence-corrected chi connectivity index (χ2v) is 6.56. The van der Waals surface area contributed by atoms with Gasteiger partial charge in [0.2, 0.25) is 10.0 Å². The molecule has 0 radical (unpaired) electrons. The molecule has 0 aliphatic carbocycles. The zero-order chi connectivity index (χ0) is 16.4. The summed E-state index contributed by atoms with van der Waals surface area (Å²) in [7, 11) is -1.20. The van der Waals surface area contributed by atoms with Crippen molar-refractivity contribution >= 4 is 21.4 Å². The number of halogens is 3. The topological polar surface area (TPSA) is 95.7 Å². The highest BCUT2D eigenvalue weighted by Crippen LogP contribution is 2.29. The predicted octanol–water partition coefficient (Wildman–Crippen LogP) is 0.854. The molecule has 1 aromatic rings. The Labute approximate surface area is 120 Å². The van der Waals surface area contributed by atoms with Crippen LogP contribution in [-0.2, 0) is 10.0 Å². The van der Waals surface area contributed by atoms with E-state index in [2.05, 4.69) is 5.32 Å². The first-order valence-corrected chi connectivity index (χ1v) is 7.21. The second-order valence-electron chi connectivity index (χ2n) is 4.44. The predicted molar refractivity (Wildman–Crippen MR) is 72.3 cm³/mol. The molecule has 1 rings (SSSR count). The monoisotopic (exact) mass is 327 g/mol. The van der Waals surface area contributed by atoms with Gasteiger partial charge in [-0.3, -0.25) is 0 Å². The molecule has 0 bridgehead atoms. The van der Waals surface area contributed by atoms with E-state index < -0.39 is 28.8 Å². The molecule has 0 heterocycles. The van der Waals surface area contributed by atoms with Crippen LogP contribution in [0.3, 0.4) is 0 Å². The van der Waals surface area contributed by atoms with Gasteiger partial charge in [0, 0.05) is 20.6 Å². The fourth-order valence-electron chi connectivity index (χ4n) is 1.44. The molecule has 0 aliphatic rings. The van der Waals surface area contributed by atoms with Gasteiger partial charge in [-0.15, -0.1) is 0 Å². The molecule has 6 nitrogen and oxygen atoms in total. The van der Waals surface area contributed by atoms with E-state index in [1.807, 2.05) is 0 Å². The second kappa shape index (κ2) is 6.08. The normalized spacial score (nSPS) is 14.2. The Kier molecular flexibility index (Phi) is 5.07. The van der Waals surface area contributed by atoms with Gasteiger partial charge in [0.25, 0.3) is 0 Å². The number of nitrogens with one attached hydrogen (secondary N) is 1. The molecular formula is C11H16F3N3O3S. The minimum atomic E-state index is -4.77. The zero-order valence-electron chi connectivity index (χ0n) is 11.3. The van der Waals surface area contributed by atoms with Gasteiger partial charge in [-0.05, 0) is 12.1 Å². The number of aliphatic hydroxyl groups is 1. The number of sulfonamides is 1. The lowest BCUT2D eigenvalue weighted by Gasteiger charge is -2.19. The molecule has 0 spiro atoms. The van der Waals surface area contributed by atoms with E-state index in [0.717, 1.165) is 4.31 Å². The molecule has 0 aliphatic heterocycles. The summed E-state index contributed by atoms with van der Waals surface area (Å²) in [5.41, 5.74) is 5.46. The number of nitrogens with two attached hydrogens (primary N) is 1. The molecule has 21 heavy (non-hydrogen) atoms. The highest BCUT2D eigenvalue weighted by atomic mass is 32.2. The summed E-state index contributed by atoms with van der Waals surface area (Å²) < 4.78 is 61.5. The van der Waals surface area contributed by atoms with Crippen molar-refractivity contribution in [2.45, 2.75) is 17.2 Å². The van der Waals surface area contributed by atoms with E-state index in [0.29, 0.717) is 0 Å². The Morgan fingerprint density at radius 3 is 2.43 bits per heavy atom. The van der Waals surface area contributed by atoms with Crippen molar-refractivity contribution in [1.29, 1.82) is 0 Å². The minimum Gasteiger partial charge on any atom is -0.396 e. The van der Waals surface area contributed by atoms with Crippen LogP contribution < -0.4 is 11.1 Å². The largest absolute Gasteiger partial charge is 0.416 e. The van der Waals surface area contributed by atoms with Gasteiger partial charge in [-0.25, -0.2) is 12.7 Å². The van der Waals surface area contributed by atoms with Gasteiger partial charge in [0.1, 0.15) is 4.90 Å². The Balaban J connectivity index is 3.03. The molecule has 0 aromatic heterocycles. The number of anilines is 2. The van der Waals surface area contributed by atoms with Crippen LogP contribution in [0, 0.1) is 0 Å².